The van der Waals surface area contributed by atoms with E-state index >= 15 is 0 Å². The number of rotatable bonds is 4. The molecule has 0 aromatic carbocycles. The average molecular weight is 471 g/mol. The first-order chi connectivity index (χ1) is 12.3. The third kappa shape index (κ3) is 5.44. The molecule has 1 atom stereocenters. The summed E-state index contributed by atoms with van der Waals surface area (Å²) in [5, 5.41) is 2.60. The van der Waals surface area contributed by atoms with Crippen LogP contribution < -0.4 is 15.0 Å². The van der Waals surface area contributed by atoms with Gasteiger partial charge < -0.3 is 24.4 Å². The fourth-order valence-corrected chi connectivity index (χ4v) is 4.16. The summed E-state index contributed by atoms with van der Waals surface area (Å²) in [7, 11) is 1.21. The molecule has 152 valence electrons. The van der Waals surface area contributed by atoms with Gasteiger partial charge in [-0.25, -0.2) is 9.59 Å². The van der Waals surface area contributed by atoms with Gasteiger partial charge >= 0.3 is 18.2 Å². The third-order valence-electron chi connectivity index (χ3n) is 3.37. The molecule has 0 spiro atoms. The Balaban J connectivity index is 2.24. The van der Waals surface area contributed by atoms with E-state index in [1.165, 1.54) is 12.0 Å². The number of alkyl carbamates (subject to hydrolysis) is 1. The number of nitrogens with one attached hydrogen (secondary N) is 1. The highest BCUT2D eigenvalue weighted by atomic mass is 79.9. The van der Waals surface area contributed by atoms with E-state index in [9.17, 15) is 18.4 Å². The summed E-state index contributed by atoms with van der Waals surface area (Å²) < 4.78 is 43.0. The van der Waals surface area contributed by atoms with E-state index < -0.39 is 36.4 Å². The Kier molecular flexibility index (Phi) is 6.25. The number of thiophene rings is 1. The minimum atomic E-state index is -3.45. The zero-order valence-corrected chi connectivity index (χ0v) is 17.9. The maximum Gasteiger partial charge on any atom is 0.416 e. The fourth-order valence-electron chi connectivity index (χ4n) is 2.51. The molecule has 0 aliphatic carbocycles. The minimum absolute atomic E-state index is 0.0123. The van der Waals surface area contributed by atoms with Gasteiger partial charge in [0.15, 0.2) is 5.75 Å². The second-order valence-corrected chi connectivity index (χ2v) is 9.38. The second-order valence-electron chi connectivity index (χ2n) is 7.04. The third-order valence-corrected chi connectivity index (χ3v) is 5.15. The summed E-state index contributed by atoms with van der Waals surface area (Å²) in [5.74, 6) is -0.783. The topological polar surface area (TPSA) is 77.1 Å². The number of fused-ring (bicyclic) bond motifs is 1. The van der Waals surface area contributed by atoms with Gasteiger partial charge in [-0.2, -0.15) is 8.78 Å². The summed E-state index contributed by atoms with van der Waals surface area (Å²) in [6.07, 6.45) is -4.11. The Labute approximate surface area is 168 Å². The van der Waals surface area contributed by atoms with E-state index in [1.807, 2.05) is 0 Å². The number of methoxy groups -OCH3 is 1. The molecule has 1 aromatic rings. The SMILES string of the molecule is COC(=O)c1sc(Br)c2c1N(CC(C)NC(=O)OC(C)(C)C)CC(F)(F)O2. The fraction of sp³-hybridized carbons (Fsp3) is 0.625. The Morgan fingerprint density at radius 2 is 2.07 bits per heavy atom. The van der Waals surface area contributed by atoms with Crippen molar-refractivity contribution in [2.24, 2.45) is 0 Å². The number of amides is 1. The first-order valence-electron chi connectivity index (χ1n) is 8.05. The molecule has 1 amide bonds. The first-order valence-corrected chi connectivity index (χ1v) is 9.66. The molecule has 0 saturated carbocycles. The molecule has 0 bridgehead atoms. The maximum atomic E-state index is 14.0. The molecular weight excluding hydrogens is 450 g/mol. The number of carbonyl (C=O) groups excluding carboxylic acids is 2. The van der Waals surface area contributed by atoms with Gasteiger partial charge in [-0.15, -0.1) is 11.3 Å². The monoisotopic (exact) mass is 470 g/mol. The average Bonchev–Trinajstić information content (AvgIpc) is 2.80. The number of hydrogen-bond donors (Lipinski definition) is 1. The lowest BCUT2D eigenvalue weighted by Crippen LogP contribution is -2.50. The van der Waals surface area contributed by atoms with Crippen LogP contribution in [0.25, 0.3) is 0 Å². The van der Waals surface area contributed by atoms with Crippen molar-refractivity contribution < 1.29 is 32.6 Å². The predicted octanol–water partition coefficient (Wildman–Crippen LogP) is 4.00. The van der Waals surface area contributed by atoms with Gasteiger partial charge in [0.2, 0.25) is 0 Å². The molecule has 2 heterocycles. The second kappa shape index (κ2) is 7.78. The van der Waals surface area contributed by atoms with Gasteiger partial charge in [-0.3, -0.25) is 0 Å². The van der Waals surface area contributed by atoms with E-state index in [2.05, 4.69) is 21.2 Å². The summed E-state index contributed by atoms with van der Waals surface area (Å²) in [6, 6.07) is -0.536. The van der Waals surface area contributed by atoms with Crippen LogP contribution in [-0.2, 0) is 9.47 Å². The van der Waals surface area contributed by atoms with Crippen LogP contribution >= 0.6 is 27.3 Å². The molecule has 1 aliphatic rings. The Morgan fingerprint density at radius 3 is 2.63 bits per heavy atom. The normalized spacial score (nSPS) is 16.8. The quantitative estimate of drug-likeness (QED) is 0.670. The van der Waals surface area contributed by atoms with Crippen molar-refractivity contribution in [3.05, 3.63) is 8.66 Å². The number of esters is 1. The van der Waals surface area contributed by atoms with E-state index in [-0.39, 0.29) is 26.6 Å². The molecule has 2 rings (SSSR count). The molecule has 1 N–H and O–H groups in total. The molecule has 1 unspecified atom stereocenters. The highest BCUT2D eigenvalue weighted by Gasteiger charge is 2.45. The predicted molar refractivity (Wildman–Crippen MR) is 100.0 cm³/mol. The summed E-state index contributed by atoms with van der Waals surface area (Å²) >= 11 is 4.10. The maximum absolute atomic E-state index is 14.0. The van der Waals surface area contributed by atoms with Crippen LogP contribution in [0.3, 0.4) is 0 Å². The van der Waals surface area contributed by atoms with Crippen molar-refractivity contribution in [3.63, 3.8) is 0 Å². The standard InChI is InChI=1S/C16H21BrF2N2O5S/c1-8(20-14(23)26-15(2,3)4)6-21-7-16(18,19)25-10-9(21)11(13(22)24-5)27-12(10)17/h8H,6-7H2,1-5H3,(H,20,23). The van der Waals surface area contributed by atoms with Crippen molar-refractivity contribution in [1.82, 2.24) is 5.32 Å². The van der Waals surface area contributed by atoms with E-state index in [0.717, 1.165) is 11.3 Å². The zero-order chi connectivity index (χ0) is 20.6. The smallest absolute Gasteiger partial charge is 0.416 e. The van der Waals surface area contributed by atoms with Crippen molar-refractivity contribution in [2.45, 2.75) is 45.4 Å². The van der Waals surface area contributed by atoms with E-state index in [0.29, 0.717) is 0 Å². The Bertz CT molecular complexity index is 735. The minimum Gasteiger partial charge on any atom is -0.465 e. The van der Waals surface area contributed by atoms with E-state index in [4.69, 9.17) is 14.2 Å². The molecule has 1 aromatic heterocycles. The molecule has 1 aliphatic heterocycles. The van der Waals surface area contributed by atoms with Crippen molar-refractivity contribution in [3.8, 4) is 5.75 Å². The molecule has 7 nitrogen and oxygen atoms in total. The van der Waals surface area contributed by atoms with Crippen LogP contribution in [0.1, 0.15) is 37.4 Å². The number of nitrogens with zero attached hydrogens (tertiary/aromatic N) is 1. The number of carbonyl (C=O) groups is 2. The Morgan fingerprint density at radius 1 is 1.44 bits per heavy atom. The molecule has 27 heavy (non-hydrogen) atoms. The molecular formula is C16H21BrF2N2O5S. The lowest BCUT2D eigenvalue weighted by Gasteiger charge is -2.36. The van der Waals surface area contributed by atoms with Gasteiger partial charge in [0.05, 0.1) is 7.11 Å². The van der Waals surface area contributed by atoms with Crippen molar-refractivity contribution in [1.29, 1.82) is 0 Å². The van der Waals surface area contributed by atoms with Crippen LogP contribution in [0.4, 0.5) is 19.3 Å². The summed E-state index contributed by atoms with van der Waals surface area (Å²) in [5.41, 5.74) is -0.471. The summed E-state index contributed by atoms with van der Waals surface area (Å²) in [4.78, 5) is 25.4. The summed E-state index contributed by atoms with van der Waals surface area (Å²) in [6.45, 7) is 6.05. The van der Waals surface area contributed by atoms with Crippen LogP contribution in [0.15, 0.2) is 3.79 Å². The number of ether oxygens (including phenoxy) is 3. The molecule has 0 saturated heterocycles. The lowest BCUT2D eigenvalue weighted by atomic mass is 10.2. The highest BCUT2D eigenvalue weighted by molar-refractivity contribution is 9.11. The van der Waals surface area contributed by atoms with Gasteiger partial charge in [0.1, 0.15) is 26.5 Å². The number of anilines is 1. The van der Waals surface area contributed by atoms with Gasteiger partial charge in [0.25, 0.3) is 0 Å². The molecule has 0 radical (unpaired) electrons. The first kappa shape index (κ1) is 21.7. The van der Waals surface area contributed by atoms with Gasteiger partial charge in [-0.05, 0) is 43.6 Å². The highest BCUT2D eigenvalue weighted by Crippen LogP contribution is 2.50. The van der Waals surface area contributed by atoms with Gasteiger partial charge in [-0.1, -0.05) is 0 Å². The lowest BCUT2D eigenvalue weighted by molar-refractivity contribution is -0.172. The molecule has 11 heteroatoms. The molecule has 0 fully saturated rings. The number of halogens is 3. The number of hydrogen-bond acceptors (Lipinski definition) is 7. The van der Waals surface area contributed by atoms with Crippen LogP contribution in [0.5, 0.6) is 5.75 Å². The zero-order valence-electron chi connectivity index (χ0n) is 15.5. The van der Waals surface area contributed by atoms with Crippen molar-refractivity contribution >= 4 is 45.0 Å². The number of alkyl halides is 2. The van der Waals surface area contributed by atoms with Crippen molar-refractivity contribution in [2.75, 3.05) is 25.1 Å². The van der Waals surface area contributed by atoms with E-state index in [1.54, 1.807) is 27.7 Å². The van der Waals surface area contributed by atoms with Crippen LogP contribution in [0.2, 0.25) is 0 Å². The largest absolute Gasteiger partial charge is 0.465 e. The van der Waals surface area contributed by atoms with Gasteiger partial charge in [0, 0.05) is 12.6 Å². The van der Waals surface area contributed by atoms with Crippen LogP contribution in [0, 0.1) is 0 Å². The van der Waals surface area contributed by atoms with Crippen LogP contribution in [-0.4, -0.2) is 50.0 Å². The Hall–Kier alpha value is -1.62.